The van der Waals surface area contributed by atoms with Crippen molar-refractivity contribution in [2.45, 2.75) is 19.6 Å². The number of hydrogen-bond donors (Lipinski definition) is 3. The molecule has 0 unspecified atom stereocenters. The van der Waals surface area contributed by atoms with E-state index in [0.717, 1.165) is 11.1 Å². The minimum atomic E-state index is -1.59. The van der Waals surface area contributed by atoms with Crippen LogP contribution in [0.4, 0.5) is 4.79 Å². The molecule has 0 saturated heterocycles. The van der Waals surface area contributed by atoms with E-state index in [9.17, 15) is 9.59 Å². The molecular formula is C13H18N2O4. The highest BCUT2D eigenvalue weighted by Gasteiger charge is 2.16. The Bertz CT molecular complexity index is 462. The van der Waals surface area contributed by atoms with Crippen LogP contribution >= 0.6 is 0 Å². The second-order valence-electron chi connectivity index (χ2n) is 4.32. The lowest BCUT2D eigenvalue weighted by molar-refractivity contribution is -0.146. The summed E-state index contributed by atoms with van der Waals surface area (Å²) in [5.41, 5.74) is 2.09. The Morgan fingerprint density at radius 1 is 1.37 bits per heavy atom. The number of nitrogens with one attached hydrogen (secondary N) is 1. The minimum absolute atomic E-state index is 0.313. The number of hydrogen-bond acceptors (Lipinski definition) is 3. The molecule has 0 bridgehead atoms. The predicted octanol–water partition coefficient (Wildman–Crippen LogP) is 0.582. The second kappa shape index (κ2) is 6.75. The average molecular weight is 266 g/mol. The Kier molecular flexibility index (Phi) is 5.32. The van der Waals surface area contributed by atoms with Gasteiger partial charge in [0.2, 0.25) is 0 Å². The highest BCUT2D eigenvalue weighted by atomic mass is 16.4. The number of carboxylic acid groups (broad SMARTS) is 1. The average Bonchev–Trinajstić information content (AvgIpc) is 2.37. The van der Waals surface area contributed by atoms with Crippen LogP contribution in [0.1, 0.15) is 11.1 Å². The van der Waals surface area contributed by atoms with Gasteiger partial charge in [-0.15, -0.1) is 0 Å². The van der Waals surface area contributed by atoms with Gasteiger partial charge in [-0.05, 0) is 18.1 Å². The SMILES string of the molecule is Cc1ccccc1CN(C)C(=O)NC[C@H](O)C(=O)O. The first-order valence-electron chi connectivity index (χ1n) is 5.86. The molecule has 0 saturated carbocycles. The number of aliphatic hydroxyl groups is 1. The maximum absolute atomic E-state index is 11.7. The van der Waals surface area contributed by atoms with E-state index < -0.39 is 18.1 Å². The molecule has 0 heterocycles. The monoisotopic (exact) mass is 266 g/mol. The smallest absolute Gasteiger partial charge is 0.334 e. The lowest BCUT2D eigenvalue weighted by Gasteiger charge is -2.19. The first-order valence-corrected chi connectivity index (χ1v) is 5.86. The summed E-state index contributed by atoms with van der Waals surface area (Å²) in [5.74, 6) is -1.36. The summed E-state index contributed by atoms with van der Waals surface area (Å²) >= 11 is 0. The Morgan fingerprint density at radius 3 is 2.58 bits per heavy atom. The molecule has 19 heavy (non-hydrogen) atoms. The maximum Gasteiger partial charge on any atom is 0.334 e. The molecule has 6 heteroatoms. The molecule has 0 spiro atoms. The van der Waals surface area contributed by atoms with E-state index in [1.165, 1.54) is 4.90 Å². The molecule has 1 aromatic rings. The summed E-state index contributed by atoms with van der Waals surface area (Å²) in [7, 11) is 1.61. The summed E-state index contributed by atoms with van der Waals surface area (Å²) < 4.78 is 0. The fourth-order valence-corrected chi connectivity index (χ4v) is 1.52. The van der Waals surface area contributed by atoms with E-state index in [4.69, 9.17) is 10.2 Å². The van der Waals surface area contributed by atoms with Gasteiger partial charge in [0.1, 0.15) is 0 Å². The molecule has 0 fully saturated rings. The molecule has 104 valence electrons. The number of aryl methyl sites for hydroxylation is 1. The number of carbonyl (C=O) groups is 2. The van der Waals surface area contributed by atoms with Gasteiger partial charge in [0, 0.05) is 13.6 Å². The Balaban J connectivity index is 2.50. The molecule has 6 nitrogen and oxygen atoms in total. The third-order valence-corrected chi connectivity index (χ3v) is 2.75. The molecule has 3 N–H and O–H groups in total. The fourth-order valence-electron chi connectivity index (χ4n) is 1.52. The number of benzene rings is 1. The normalized spacial score (nSPS) is 11.7. The van der Waals surface area contributed by atoms with Gasteiger partial charge in [0.15, 0.2) is 6.10 Å². The maximum atomic E-state index is 11.7. The standard InChI is InChI=1S/C13H18N2O4/c1-9-5-3-4-6-10(9)8-15(2)13(19)14-7-11(16)12(17)18/h3-6,11,16H,7-8H2,1-2H3,(H,14,19)(H,17,18)/t11-/m0/s1. The van der Waals surface area contributed by atoms with Crippen molar-refractivity contribution in [3.8, 4) is 0 Å². The van der Waals surface area contributed by atoms with Crippen molar-refractivity contribution in [1.82, 2.24) is 10.2 Å². The van der Waals surface area contributed by atoms with Gasteiger partial charge in [0.05, 0.1) is 6.54 Å². The van der Waals surface area contributed by atoms with Crippen LogP contribution in [0.2, 0.25) is 0 Å². The van der Waals surface area contributed by atoms with Gasteiger partial charge in [-0.1, -0.05) is 24.3 Å². The van der Waals surface area contributed by atoms with Crippen LogP contribution in [-0.2, 0) is 11.3 Å². The number of rotatable bonds is 5. The van der Waals surface area contributed by atoms with E-state index >= 15 is 0 Å². The molecule has 0 aliphatic rings. The van der Waals surface area contributed by atoms with Crippen molar-refractivity contribution in [3.05, 3.63) is 35.4 Å². The first kappa shape index (κ1) is 15.0. The third-order valence-electron chi connectivity index (χ3n) is 2.75. The number of amides is 2. The fraction of sp³-hybridized carbons (Fsp3) is 0.385. The lowest BCUT2D eigenvalue weighted by atomic mass is 10.1. The number of aliphatic hydroxyl groups excluding tert-OH is 1. The topological polar surface area (TPSA) is 89.9 Å². The zero-order valence-electron chi connectivity index (χ0n) is 11.0. The van der Waals surface area contributed by atoms with E-state index in [1.807, 2.05) is 31.2 Å². The van der Waals surface area contributed by atoms with Gasteiger partial charge in [-0.25, -0.2) is 9.59 Å². The molecule has 0 aliphatic heterocycles. The summed E-state index contributed by atoms with van der Waals surface area (Å²) in [4.78, 5) is 23.5. The van der Waals surface area contributed by atoms with Gasteiger partial charge in [-0.3, -0.25) is 0 Å². The van der Waals surface area contributed by atoms with Gasteiger partial charge in [-0.2, -0.15) is 0 Å². The Morgan fingerprint density at radius 2 is 2.00 bits per heavy atom. The molecule has 1 atom stereocenters. The van der Waals surface area contributed by atoms with Crippen LogP contribution in [0.3, 0.4) is 0 Å². The highest BCUT2D eigenvalue weighted by Crippen LogP contribution is 2.09. The van der Waals surface area contributed by atoms with E-state index in [0.29, 0.717) is 6.54 Å². The van der Waals surface area contributed by atoms with Gasteiger partial charge in [0.25, 0.3) is 0 Å². The third kappa shape index (κ3) is 4.59. The minimum Gasteiger partial charge on any atom is -0.479 e. The summed E-state index contributed by atoms with van der Waals surface area (Å²) in [6.45, 7) is 2.06. The molecule has 1 rings (SSSR count). The second-order valence-corrected chi connectivity index (χ2v) is 4.32. The van der Waals surface area contributed by atoms with Crippen molar-refractivity contribution >= 4 is 12.0 Å². The van der Waals surface area contributed by atoms with E-state index in [-0.39, 0.29) is 6.54 Å². The zero-order valence-corrected chi connectivity index (χ0v) is 11.0. The van der Waals surface area contributed by atoms with Crippen LogP contribution in [-0.4, -0.2) is 46.8 Å². The number of carboxylic acids is 1. The molecule has 0 aliphatic carbocycles. The Labute approximate surface area is 111 Å². The molecular weight excluding hydrogens is 248 g/mol. The van der Waals surface area contributed by atoms with Gasteiger partial charge >= 0.3 is 12.0 Å². The molecule has 2 amide bonds. The van der Waals surface area contributed by atoms with Crippen LogP contribution in [0, 0.1) is 6.92 Å². The largest absolute Gasteiger partial charge is 0.479 e. The van der Waals surface area contributed by atoms with Crippen molar-refractivity contribution in [3.63, 3.8) is 0 Å². The predicted molar refractivity (Wildman–Crippen MR) is 69.7 cm³/mol. The molecule has 0 radical (unpaired) electrons. The Hall–Kier alpha value is -2.08. The van der Waals surface area contributed by atoms with Crippen LogP contribution in [0.15, 0.2) is 24.3 Å². The van der Waals surface area contributed by atoms with E-state index in [2.05, 4.69) is 5.32 Å². The van der Waals surface area contributed by atoms with Crippen LogP contribution < -0.4 is 5.32 Å². The highest BCUT2D eigenvalue weighted by molar-refractivity contribution is 5.76. The lowest BCUT2D eigenvalue weighted by Crippen LogP contribution is -2.42. The molecule has 1 aromatic carbocycles. The van der Waals surface area contributed by atoms with Gasteiger partial charge < -0.3 is 20.4 Å². The summed E-state index contributed by atoms with van der Waals surface area (Å²) in [6.07, 6.45) is -1.59. The number of nitrogens with zero attached hydrogens (tertiary/aromatic N) is 1. The zero-order chi connectivity index (χ0) is 14.4. The quantitative estimate of drug-likeness (QED) is 0.727. The summed E-state index contributed by atoms with van der Waals surface area (Å²) in [6, 6.07) is 7.26. The number of aliphatic carboxylic acids is 1. The summed E-state index contributed by atoms with van der Waals surface area (Å²) in [5, 5.41) is 19.9. The van der Waals surface area contributed by atoms with E-state index in [1.54, 1.807) is 7.05 Å². The van der Waals surface area contributed by atoms with Crippen molar-refractivity contribution in [1.29, 1.82) is 0 Å². The van der Waals surface area contributed by atoms with Crippen LogP contribution in [0.25, 0.3) is 0 Å². The van der Waals surface area contributed by atoms with Crippen molar-refractivity contribution in [2.24, 2.45) is 0 Å². The van der Waals surface area contributed by atoms with Crippen molar-refractivity contribution in [2.75, 3.05) is 13.6 Å². The first-order chi connectivity index (χ1) is 8.91. The molecule has 0 aromatic heterocycles. The number of carbonyl (C=O) groups excluding carboxylic acids is 1. The van der Waals surface area contributed by atoms with Crippen molar-refractivity contribution < 1.29 is 19.8 Å². The van der Waals surface area contributed by atoms with Crippen LogP contribution in [0.5, 0.6) is 0 Å². The number of urea groups is 1.